The van der Waals surface area contributed by atoms with Crippen LogP contribution in [0.15, 0.2) is 41.0 Å². The molecule has 3 nitrogen and oxygen atoms in total. The van der Waals surface area contributed by atoms with E-state index >= 15 is 0 Å². The largest absolute Gasteiger partial charge is 0.489 e. The summed E-state index contributed by atoms with van der Waals surface area (Å²) in [6, 6.07) is 10.2. The van der Waals surface area contributed by atoms with Crippen LogP contribution in [0, 0.1) is 6.92 Å². The first-order valence-corrected chi connectivity index (χ1v) is 7.56. The Hall–Kier alpha value is -1.74. The van der Waals surface area contributed by atoms with Crippen molar-refractivity contribution in [2.45, 2.75) is 46.3 Å². The summed E-state index contributed by atoms with van der Waals surface area (Å²) < 4.78 is 11.2. The Kier molecular flexibility index (Phi) is 5.45. The van der Waals surface area contributed by atoms with E-state index in [-0.39, 0.29) is 6.10 Å². The molecule has 0 amide bonds. The van der Waals surface area contributed by atoms with Gasteiger partial charge in [0.25, 0.3) is 0 Å². The molecule has 1 atom stereocenters. The lowest BCUT2D eigenvalue weighted by atomic mass is 9.98. The molecule has 0 aliphatic carbocycles. The lowest BCUT2D eigenvalue weighted by Gasteiger charge is -2.17. The highest BCUT2D eigenvalue weighted by Crippen LogP contribution is 2.24. The van der Waals surface area contributed by atoms with Gasteiger partial charge >= 0.3 is 0 Å². The maximum Gasteiger partial charge on any atom is 0.120 e. The average Bonchev–Trinajstić information content (AvgIpc) is 2.91. The number of benzene rings is 1. The zero-order valence-corrected chi connectivity index (χ0v) is 13.3. The Balaban J connectivity index is 1.82. The lowest BCUT2D eigenvalue weighted by molar-refractivity contribution is 0.215. The second-order valence-corrected chi connectivity index (χ2v) is 5.81. The van der Waals surface area contributed by atoms with E-state index in [1.807, 2.05) is 12.1 Å². The highest BCUT2D eigenvalue weighted by atomic mass is 16.5. The molecule has 0 spiro atoms. The summed E-state index contributed by atoms with van der Waals surface area (Å²) in [5.41, 5.74) is 2.67. The fourth-order valence-electron chi connectivity index (χ4n) is 2.46. The van der Waals surface area contributed by atoms with Crippen molar-refractivity contribution in [3.05, 3.63) is 53.5 Å². The second-order valence-electron chi connectivity index (χ2n) is 5.81. The first kappa shape index (κ1) is 15.6. The number of nitrogens with one attached hydrogen (secondary N) is 1. The number of aryl methyl sites for hydroxylation is 1. The summed E-state index contributed by atoms with van der Waals surface area (Å²) in [5, 5.41) is 3.33. The van der Waals surface area contributed by atoms with Crippen molar-refractivity contribution >= 4 is 0 Å². The molecule has 0 bridgehead atoms. The summed E-state index contributed by atoms with van der Waals surface area (Å²) in [4.78, 5) is 0. The Morgan fingerprint density at radius 1 is 1.19 bits per heavy atom. The number of rotatable bonds is 7. The topological polar surface area (TPSA) is 34.4 Å². The zero-order valence-electron chi connectivity index (χ0n) is 13.3. The number of furan rings is 1. The van der Waals surface area contributed by atoms with Crippen molar-refractivity contribution in [3.63, 3.8) is 0 Å². The molecule has 0 fully saturated rings. The minimum atomic E-state index is 0.115. The molecule has 3 heteroatoms. The van der Waals surface area contributed by atoms with Gasteiger partial charge in [-0.3, -0.25) is 0 Å². The van der Waals surface area contributed by atoms with E-state index < -0.39 is 0 Å². The molecule has 2 rings (SSSR count). The molecule has 114 valence electrons. The third-order valence-electron chi connectivity index (χ3n) is 3.51. The van der Waals surface area contributed by atoms with E-state index in [1.54, 1.807) is 6.26 Å². The molecule has 1 N–H and O–H groups in total. The van der Waals surface area contributed by atoms with Crippen LogP contribution < -0.4 is 10.1 Å². The fraction of sp³-hybridized carbons (Fsp3) is 0.444. The van der Waals surface area contributed by atoms with Crippen molar-refractivity contribution in [1.29, 1.82) is 0 Å². The minimum Gasteiger partial charge on any atom is -0.489 e. The van der Waals surface area contributed by atoms with Crippen LogP contribution in [0.25, 0.3) is 0 Å². The predicted molar refractivity (Wildman–Crippen MR) is 85.8 cm³/mol. The van der Waals surface area contributed by atoms with Gasteiger partial charge in [-0.05, 0) is 55.2 Å². The van der Waals surface area contributed by atoms with Crippen LogP contribution in [0.2, 0.25) is 0 Å². The van der Waals surface area contributed by atoms with Gasteiger partial charge in [-0.15, -0.1) is 0 Å². The first-order chi connectivity index (χ1) is 10.1. The molecule has 0 aliphatic rings. The minimum absolute atomic E-state index is 0.115. The Bertz CT molecular complexity index is 546. The number of hydrogen-bond acceptors (Lipinski definition) is 3. The van der Waals surface area contributed by atoms with Gasteiger partial charge in [0.05, 0.1) is 12.8 Å². The molecule has 2 aromatic rings. The normalized spacial score (nSPS) is 12.6. The van der Waals surface area contributed by atoms with E-state index in [0.29, 0.717) is 5.92 Å². The molecule has 1 aromatic heterocycles. The number of ether oxygens (including phenoxy) is 1. The van der Waals surface area contributed by atoms with Crippen LogP contribution in [-0.2, 0) is 6.54 Å². The smallest absolute Gasteiger partial charge is 0.120 e. The average molecular weight is 287 g/mol. The molecular weight excluding hydrogens is 262 g/mol. The van der Waals surface area contributed by atoms with E-state index in [9.17, 15) is 0 Å². The first-order valence-electron chi connectivity index (χ1n) is 7.56. The maximum absolute atomic E-state index is 5.96. The highest BCUT2D eigenvalue weighted by Gasteiger charge is 2.08. The van der Waals surface area contributed by atoms with E-state index in [2.05, 4.69) is 51.2 Å². The van der Waals surface area contributed by atoms with Crippen molar-refractivity contribution in [2.24, 2.45) is 0 Å². The second kappa shape index (κ2) is 7.32. The SMILES string of the molecule is Cc1cc(OC(C)CNCc2ccco2)ccc1C(C)C. The van der Waals surface area contributed by atoms with Crippen molar-refractivity contribution in [2.75, 3.05) is 6.54 Å². The quantitative estimate of drug-likeness (QED) is 0.826. The van der Waals surface area contributed by atoms with Crippen molar-refractivity contribution in [3.8, 4) is 5.75 Å². The van der Waals surface area contributed by atoms with Gasteiger partial charge in [-0.1, -0.05) is 19.9 Å². The standard InChI is InChI=1S/C18H25NO2/c1-13(2)18-8-7-16(10-14(18)3)21-15(4)11-19-12-17-6-5-9-20-17/h5-10,13,15,19H,11-12H2,1-4H3. The Morgan fingerprint density at radius 3 is 2.62 bits per heavy atom. The van der Waals surface area contributed by atoms with Gasteiger partial charge in [0.15, 0.2) is 0 Å². The van der Waals surface area contributed by atoms with Crippen LogP contribution in [-0.4, -0.2) is 12.6 Å². The van der Waals surface area contributed by atoms with E-state index in [0.717, 1.165) is 24.6 Å². The maximum atomic E-state index is 5.96. The molecule has 1 aromatic carbocycles. The predicted octanol–water partition coefficient (Wildman–Crippen LogP) is 4.27. The van der Waals surface area contributed by atoms with E-state index in [1.165, 1.54) is 11.1 Å². The highest BCUT2D eigenvalue weighted by molar-refractivity contribution is 5.36. The molecule has 0 saturated carbocycles. The summed E-state index contributed by atoms with van der Waals surface area (Å²) in [7, 11) is 0. The summed E-state index contributed by atoms with van der Waals surface area (Å²) in [6.07, 6.45) is 1.81. The third-order valence-corrected chi connectivity index (χ3v) is 3.51. The van der Waals surface area contributed by atoms with Crippen LogP contribution in [0.5, 0.6) is 5.75 Å². The van der Waals surface area contributed by atoms with Crippen LogP contribution in [0.3, 0.4) is 0 Å². The van der Waals surface area contributed by atoms with Crippen molar-refractivity contribution < 1.29 is 9.15 Å². The molecule has 21 heavy (non-hydrogen) atoms. The molecule has 0 radical (unpaired) electrons. The molecular formula is C18H25NO2. The summed E-state index contributed by atoms with van der Waals surface area (Å²) in [6.45, 7) is 10.1. The van der Waals surface area contributed by atoms with Gasteiger partial charge in [-0.25, -0.2) is 0 Å². The van der Waals surface area contributed by atoms with Crippen LogP contribution in [0.1, 0.15) is 43.6 Å². The summed E-state index contributed by atoms with van der Waals surface area (Å²) >= 11 is 0. The van der Waals surface area contributed by atoms with Gasteiger partial charge < -0.3 is 14.5 Å². The van der Waals surface area contributed by atoms with Gasteiger partial charge in [0.2, 0.25) is 0 Å². The monoisotopic (exact) mass is 287 g/mol. The van der Waals surface area contributed by atoms with Gasteiger partial charge in [0.1, 0.15) is 17.6 Å². The van der Waals surface area contributed by atoms with Crippen LogP contribution in [0.4, 0.5) is 0 Å². The lowest BCUT2D eigenvalue weighted by Crippen LogP contribution is -2.28. The fourth-order valence-corrected chi connectivity index (χ4v) is 2.46. The van der Waals surface area contributed by atoms with Crippen LogP contribution >= 0.6 is 0 Å². The molecule has 1 unspecified atom stereocenters. The molecule has 0 saturated heterocycles. The van der Waals surface area contributed by atoms with Crippen molar-refractivity contribution in [1.82, 2.24) is 5.32 Å². The zero-order chi connectivity index (χ0) is 15.2. The Labute approximate surface area is 127 Å². The summed E-state index contributed by atoms with van der Waals surface area (Å²) in [5.74, 6) is 2.43. The molecule has 0 aliphatic heterocycles. The number of hydrogen-bond donors (Lipinski definition) is 1. The van der Waals surface area contributed by atoms with Gasteiger partial charge in [0, 0.05) is 6.54 Å². The Morgan fingerprint density at radius 2 is 2.00 bits per heavy atom. The van der Waals surface area contributed by atoms with E-state index in [4.69, 9.17) is 9.15 Å². The third kappa shape index (κ3) is 4.64. The van der Waals surface area contributed by atoms with Gasteiger partial charge in [-0.2, -0.15) is 0 Å². The molecule has 1 heterocycles.